The van der Waals surface area contributed by atoms with E-state index in [9.17, 15) is 4.79 Å². The van der Waals surface area contributed by atoms with E-state index in [-0.39, 0.29) is 42.5 Å². The van der Waals surface area contributed by atoms with Crippen molar-refractivity contribution in [2.24, 2.45) is 4.99 Å². The predicted molar refractivity (Wildman–Crippen MR) is 111 cm³/mol. The van der Waals surface area contributed by atoms with Crippen molar-refractivity contribution >= 4 is 35.8 Å². The molecular formula is C17H29IN4O3. The maximum atomic E-state index is 11.9. The molecule has 1 atom stereocenters. The van der Waals surface area contributed by atoms with Crippen LogP contribution in [0, 0.1) is 0 Å². The van der Waals surface area contributed by atoms with Crippen molar-refractivity contribution in [1.29, 1.82) is 0 Å². The van der Waals surface area contributed by atoms with Gasteiger partial charge in [-0.25, -0.2) is 4.99 Å². The van der Waals surface area contributed by atoms with Crippen LogP contribution in [-0.2, 0) is 16.1 Å². The van der Waals surface area contributed by atoms with Crippen molar-refractivity contribution in [1.82, 2.24) is 16.0 Å². The van der Waals surface area contributed by atoms with Gasteiger partial charge in [-0.3, -0.25) is 4.79 Å². The van der Waals surface area contributed by atoms with E-state index < -0.39 is 0 Å². The van der Waals surface area contributed by atoms with Gasteiger partial charge >= 0.3 is 0 Å². The van der Waals surface area contributed by atoms with Crippen molar-refractivity contribution in [3.8, 4) is 5.75 Å². The Balaban J connectivity index is 0.00000576. The van der Waals surface area contributed by atoms with Crippen molar-refractivity contribution < 1.29 is 14.3 Å². The summed E-state index contributed by atoms with van der Waals surface area (Å²) in [6.07, 6.45) is 0. The zero-order valence-electron chi connectivity index (χ0n) is 15.3. The Hall–Kier alpha value is -1.55. The van der Waals surface area contributed by atoms with E-state index in [1.807, 2.05) is 38.1 Å². The van der Waals surface area contributed by atoms with E-state index in [1.54, 1.807) is 14.2 Å². The van der Waals surface area contributed by atoms with E-state index >= 15 is 0 Å². The van der Waals surface area contributed by atoms with Gasteiger partial charge in [-0.15, -0.1) is 24.0 Å². The van der Waals surface area contributed by atoms with Crippen LogP contribution in [-0.4, -0.2) is 51.8 Å². The first-order chi connectivity index (χ1) is 11.6. The number of amides is 1. The number of halogens is 1. The Morgan fingerprint density at radius 2 is 1.88 bits per heavy atom. The lowest BCUT2D eigenvalue weighted by Crippen LogP contribution is -2.44. The number of rotatable bonds is 9. The van der Waals surface area contributed by atoms with Crippen LogP contribution >= 0.6 is 24.0 Å². The monoisotopic (exact) mass is 464 g/mol. The number of guanidine groups is 1. The Morgan fingerprint density at radius 3 is 2.44 bits per heavy atom. The molecule has 1 amide bonds. The molecule has 0 bridgehead atoms. The summed E-state index contributed by atoms with van der Waals surface area (Å²) in [5.41, 5.74) is 1.01. The standard InChI is InChI=1S/C17H28N4O3.HI/c1-5-18-17(21-13(2)12-23-3)20-11-16(22)19-10-14-6-8-15(24-4)9-7-14;/h6-9,13H,5,10-12H2,1-4H3,(H,19,22)(H2,18,20,21);1H. The second-order valence-electron chi connectivity index (χ2n) is 5.32. The van der Waals surface area contributed by atoms with Crippen molar-refractivity contribution in [2.75, 3.05) is 33.9 Å². The molecule has 1 aromatic rings. The molecule has 0 saturated heterocycles. The lowest BCUT2D eigenvalue weighted by atomic mass is 10.2. The molecule has 1 unspecified atom stereocenters. The molecule has 25 heavy (non-hydrogen) atoms. The first-order valence-electron chi connectivity index (χ1n) is 8.02. The number of nitrogens with one attached hydrogen (secondary N) is 3. The molecule has 8 heteroatoms. The summed E-state index contributed by atoms with van der Waals surface area (Å²) < 4.78 is 10.2. The van der Waals surface area contributed by atoms with Gasteiger partial charge in [-0.2, -0.15) is 0 Å². The fourth-order valence-electron chi connectivity index (χ4n) is 2.00. The fourth-order valence-corrected chi connectivity index (χ4v) is 2.00. The fraction of sp³-hybridized carbons (Fsp3) is 0.529. The van der Waals surface area contributed by atoms with Gasteiger partial charge in [0.1, 0.15) is 12.3 Å². The third kappa shape index (κ3) is 10.1. The summed E-state index contributed by atoms with van der Waals surface area (Å²) in [5, 5.41) is 9.13. The second-order valence-corrected chi connectivity index (χ2v) is 5.32. The van der Waals surface area contributed by atoms with Crippen LogP contribution in [0.3, 0.4) is 0 Å². The lowest BCUT2D eigenvalue weighted by Gasteiger charge is -2.16. The molecule has 142 valence electrons. The number of carbonyl (C=O) groups is 1. The first kappa shape index (κ1) is 23.4. The van der Waals surface area contributed by atoms with Crippen LogP contribution in [0.15, 0.2) is 29.3 Å². The molecule has 1 aromatic carbocycles. The SMILES string of the molecule is CCNC(=NCC(=O)NCc1ccc(OC)cc1)NC(C)COC.I. The highest BCUT2D eigenvalue weighted by Crippen LogP contribution is 2.10. The third-order valence-electron chi connectivity index (χ3n) is 3.17. The van der Waals surface area contributed by atoms with Gasteiger partial charge in [0.2, 0.25) is 5.91 Å². The van der Waals surface area contributed by atoms with Crippen LogP contribution in [0.1, 0.15) is 19.4 Å². The van der Waals surface area contributed by atoms with Crippen LogP contribution in [0.25, 0.3) is 0 Å². The average Bonchev–Trinajstić information content (AvgIpc) is 2.58. The van der Waals surface area contributed by atoms with Crippen molar-refractivity contribution in [2.45, 2.75) is 26.4 Å². The number of methoxy groups -OCH3 is 2. The van der Waals surface area contributed by atoms with Crippen LogP contribution in [0.5, 0.6) is 5.75 Å². The third-order valence-corrected chi connectivity index (χ3v) is 3.17. The van der Waals surface area contributed by atoms with Crippen LogP contribution in [0.4, 0.5) is 0 Å². The van der Waals surface area contributed by atoms with Gasteiger partial charge in [0.15, 0.2) is 5.96 Å². The molecule has 0 heterocycles. The number of carbonyl (C=O) groups excluding carboxylic acids is 1. The smallest absolute Gasteiger partial charge is 0.242 e. The normalized spacial score (nSPS) is 11.9. The minimum absolute atomic E-state index is 0. The van der Waals surface area contributed by atoms with Gasteiger partial charge in [0.05, 0.1) is 13.7 Å². The summed E-state index contributed by atoms with van der Waals surface area (Å²) in [7, 11) is 3.27. The number of nitrogens with zero attached hydrogens (tertiary/aromatic N) is 1. The summed E-state index contributed by atoms with van der Waals surface area (Å²) in [4.78, 5) is 16.2. The Kier molecular flexibility index (Phi) is 12.9. The lowest BCUT2D eigenvalue weighted by molar-refractivity contribution is -0.119. The number of hydrogen-bond acceptors (Lipinski definition) is 4. The largest absolute Gasteiger partial charge is 0.497 e. The maximum Gasteiger partial charge on any atom is 0.242 e. The second kappa shape index (κ2) is 13.7. The summed E-state index contributed by atoms with van der Waals surface area (Å²) in [5.74, 6) is 1.25. The van der Waals surface area contributed by atoms with Crippen LogP contribution < -0.4 is 20.7 Å². The van der Waals surface area contributed by atoms with Gasteiger partial charge < -0.3 is 25.4 Å². The Labute approximate surface area is 167 Å². The first-order valence-corrected chi connectivity index (χ1v) is 8.02. The molecule has 7 nitrogen and oxygen atoms in total. The quantitative estimate of drug-likeness (QED) is 0.293. The summed E-state index contributed by atoms with van der Waals surface area (Å²) in [6.45, 7) is 5.77. The van der Waals surface area contributed by atoms with Gasteiger partial charge in [-0.1, -0.05) is 12.1 Å². The zero-order chi connectivity index (χ0) is 17.8. The molecule has 0 aliphatic carbocycles. The predicted octanol–water partition coefficient (Wildman–Crippen LogP) is 1.52. The number of aliphatic imine (C=N–C) groups is 1. The highest BCUT2D eigenvalue weighted by atomic mass is 127. The van der Waals surface area contributed by atoms with E-state index in [0.717, 1.165) is 17.9 Å². The molecule has 0 spiro atoms. The highest BCUT2D eigenvalue weighted by molar-refractivity contribution is 14.0. The highest BCUT2D eigenvalue weighted by Gasteiger charge is 2.06. The number of ether oxygens (including phenoxy) is 2. The zero-order valence-corrected chi connectivity index (χ0v) is 17.6. The summed E-state index contributed by atoms with van der Waals surface area (Å²) in [6, 6.07) is 7.67. The van der Waals surface area contributed by atoms with E-state index in [1.165, 1.54) is 0 Å². The Morgan fingerprint density at radius 1 is 1.20 bits per heavy atom. The molecule has 1 rings (SSSR count). The molecule has 0 aliphatic rings. The number of hydrogen-bond donors (Lipinski definition) is 3. The Bertz CT molecular complexity index is 523. The van der Waals surface area contributed by atoms with Gasteiger partial charge in [-0.05, 0) is 31.5 Å². The topological polar surface area (TPSA) is 84.0 Å². The molecule has 0 aliphatic heterocycles. The maximum absolute atomic E-state index is 11.9. The molecule has 3 N–H and O–H groups in total. The molecular weight excluding hydrogens is 435 g/mol. The van der Waals surface area contributed by atoms with Gasteiger partial charge in [0.25, 0.3) is 0 Å². The number of benzene rings is 1. The van der Waals surface area contributed by atoms with E-state index in [2.05, 4.69) is 20.9 Å². The average molecular weight is 464 g/mol. The molecule has 0 aromatic heterocycles. The van der Waals surface area contributed by atoms with Crippen LogP contribution in [0.2, 0.25) is 0 Å². The van der Waals surface area contributed by atoms with Crippen molar-refractivity contribution in [3.63, 3.8) is 0 Å². The van der Waals surface area contributed by atoms with Crippen molar-refractivity contribution in [3.05, 3.63) is 29.8 Å². The minimum Gasteiger partial charge on any atom is -0.497 e. The van der Waals surface area contributed by atoms with Gasteiger partial charge in [0, 0.05) is 26.2 Å². The van der Waals surface area contributed by atoms with E-state index in [0.29, 0.717) is 19.1 Å². The molecule has 0 fully saturated rings. The van der Waals surface area contributed by atoms with E-state index in [4.69, 9.17) is 9.47 Å². The molecule has 0 radical (unpaired) electrons. The minimum atomic E-state index is -0.137. The molecule has 0 saturated carbocycles. The summed E-state index contributed by atoms with van der Waals surface area (Å²) >= 11 is 0.